The van der Waals surface area contributed by atoms with Gasteiger partial charge in [0.1, 0.15) is 5.25 Å². The summed E-state index contributed by atoms with van der Waals surface area (Å²) in [5, 5.41) is 9.60. The van der Waals surface area contributed by atoms with Gasteiger partial charge in [-0.25, -0.2) is 0 Å². The van der Waals surface area contributed by atoms with E-state index < -0.39 is 11.2 Å². The molecule has 2 aromatic carbocycles. The van der Waals surface area contributed by atoms with E-state index in [1.807, 2.05) is 42.5 Å². The van der Waals surface area contributed by atoms with Crippen LogP contribution in [0.25, 0.3) is 11.1 Å². The van der Waals surface area contributed by atoms with Crippen LogP contribution >= 0.6 is 11.8 Å². The summed E-state index contributed by atoms with van der Waals surface area (Å²) in [7, 11) is 0. The van der Waals surface area contributed by atoms with Crippen LogP contribution in [0.5, 0.6) is 0 Å². The highest BCUT2D eigenvalue weighted by Crippen LogP contribution is 2.40. The fraction of sp³-hybridized carbons (Fsp3) is 0.316. The number of hydrogen-bond donors (Lipinski definition) is 1. The highest BCUT2D eigenvalue weighted by Gasteiger charge is 2.26. The topological polar surface area (TPSA) is 37.3 Å². The third-order valence-corrected chi connectivity index (χ3v) is 5.78. The van der Waals surface area contributed by atoms with Crippen molar-refractivity contribution < 1.29 is 9.90 Å². The maximum absolute atomic E-state index is 11.6. The fourth-order valence-electron chi connectivity index (χ4n) is 2.98. The molecule has 0 radical (unpaired) electrons. The molecule has 22 heavy (non-hydrogen) atoms. The highest BCUT2D eigenvalue weighted by atomic mass is 32.2. The fourth-order valence-corrected chi connectivity index (χ4v) is 4.40. The van der Waals surface area contributed by atoms with Crippen molar-refractivity contribution in [3.63, 3.8) is 0 Å². The molecular weight excluding hydrogens is 292 g/mol. The summed E-state index contributed by atoms with van der Waals surface area (Å²) in [6, 6.07) is 18.1. The minimum absolute atomic E-state index is 0.451. The summed E-state index contributed by atoms with van der Waals surface area (Å²) in [6.45, 7) is 0. The van der Waals surface area contributed by atoms with Gasteiger partial charge in [-0.05, 0) is 29.5 Å². The van der Waals surface area contributed by atoms with Crippen LogP contribution < -0.4 is 0 Å². The Bertz CT molecular complexity index is 616. The molecule has 1 fully saturated rings. The van der Waals surface area contributed by atoms with Crippen LogP contribution in [0.3, 0.4) is 0 Å². The highest BCUT2D eigenvalue weighted by molar-refractivity contribution is 8.00. The zero-order valence-electron chi connectivity index (χ0n) is 12.4. The number of hydrogen-bond acceptors (Lipinski definition) is 2. The number of rotatable bonds is 5. The van der Waals surface area contributed by atoms with Gasteiger partial charge in [0.15, 0.2) is 0 Å². The van der Waals surface area contributed by atoms with Gasteiger partial charge in [0, 0.05) is 5.25 Å². The van der Waals surface area contributed by atoms with Gasteiger partial charge in [0.05, 0.1) is 0 Å². The molecule has 0 aromatic heterocycles. The molecule has 0 bridgehead atoms. The Morgan fingerprint density at radius 3 is 2.14 bits per heavy atom. The molecular formula is C19H20O2S. The summed E-state index contributed by atoms with van der Waals surface area (Å²) in [5.41, 5.74) is 3.17. The molecule has 0 heterocycles. The van der Waals surface area contributed by atoms with Crippen LogP contribution in [-0.4, -0.2) is 16.3 Å². The second-order valence-electron chi connectivity index (χ2n) is 5.75. The van der Waals surface area contributed by atoms with Crippen molar-refractivity contribution in [3.8, 4) is 11.1 Å². The Morgan fingerprint density at radius 1 is 0.955 bits per heavy atom. The summed E-state index contributed by atoms with van der Waals surface area (Å²) in [5.74, 6) is -0.732. The number of carbonyl (C=O) groups is 1. The Kier molecular flexibility index (Phi) is 4.84. The van der Waals surface area contributed by atoms with Crippen LogP contribution in [-0.2, 0) is 4.79 Å². The Hall–Kier alpha value is -1.74. The van der Waals surface area contributed by atoms with Gasteiger partial charge in [-0.15, -0.1) is 11.8 Å². The van der Waals surface area contributed by atoms with Crippen molar-refractivity contribution in [3.05, 3.63) is 60.2 Å². The maximum Gasteiger partial charge on any atom is 0.321 e. The number of carboxylic acid groups (broad SMARTS) is 1. The van der Waals surface area contributed by atoms with E-state index in [9.17, 15) is 9.90 Å². The zero-order valence-corrected chi connectivity index (χ0v) is 13.3. The standard InChI is InChI=1S/C19H20O2S/c20-19(21)18(22-17-8-4-5-9-17)16-12-10-15(11-13-16)14-6-2-1-3-7-14/h1-3,6-7,10-13,17-18H,4-5,8-9H2,(H,20,21)/t18-/m0/s1. The third kappa shape index (κ3) is 3.53. The van der Waals surface area contributed by atoms with Crippen LogP contribution in [0.15, 0.2) is 54.6 Å². The van der Waals surface area contributed by atoms with E-state index in [0.29, 0.717) is 5.25 Å². The Morgan fingerprint density at radius 2 is 1.55 bits per heavy atom. The van der Waals surface area contributed by atoms with Crippen molar-refractivity contribution in [2.24, 2.45) is 0 Å². The quantitative estimate of drug-likeness (QED) is 0.829. The Balaban J connectivity index is 1.78. The van der Waals surface area contributed by atoms with Crippen molar-refractivity contribution in [2.45, 2.75) is 36.2 Å². The average molecular weight is 312 g/mol. The molecule has 1 N–H and O–H groups in total. The first-order valence-electron chi connectivity index (χ1n) is 7.78. The molecule has 0 unspecified atom stereocenters. The molecule has 0 saturated heterocycles. The van der Waals surface area contributed by atoms with Gasteiger partial charge in [-0.2, -0.15) is 0 Å². The number of aliphatic carboxylic acids is 1. The molecule has 0 spiro atoms. The molecule has 114 valence electrons. The van der Waals surface area contributed by atoms with E-state index >= 15 is 0 Å². The van der Waals surface area contributed by atoms with E-state index in [4.69, 9.17) is 0 Å². The summed E-state index contributed by atoms with van der Waals surface area (Å²) in [4.78, 5) is 11.6. The van der Waals surface area contributed by atoms with Crippen molar-refractivity contribution in [1.29, 1.82) is 0 Å². The molecule has 1 saturated carbocycles. The molecule has 1 aliphatic carbocycles. The molecule has 2 aromatic rings. The van der Waals surface area contributed by atoms with Gasteiger partial charge in [-0.3, -0.25) is 4.79 Å². The smallest absolute Gasteiger partial charge is 0.321 e. The summed E-state index contributed by atoms with van der Waals surface area (Å²) >= 11 is 1.62. The lowest BCUT2D eigenvalue weighted by molar-refractivity contribution is -0.136. The lowest BCUT2D eigenvalue weighted by Gasteiger charge is -2.17. The Labute approximate surface area is 135 Å². The van der Waals surface area contributed by atoms with Gasteiger partial charge < -0.3 is 5.11 Å². The third-order valence-electron chi connectivity index (χ3n) is 4.18. The molecule has 0 aliphatic heterocycles. The van der Waals surface area contributed by atoms with E-state index in [1.54, 1.807) is 11.8 Å². The second kappa shape index (κ2) is 7.01. The largest absolute Gasteiger partial charge is 0.480 e. The lowest BCUT2D eigenvalue weighted by Crippen LogP contribution is -2.11. The van der Waals surface area contributed by atoms with Gasteiger partial charge in [0.2, 0.25) is 0 Å². The minimum Gasteiger partial charge on any atom is -0.480 e. The van der Waals surface area contributed by atoms with Crippen molar-refractivity contribution in [1.82, 2.24) is 0 Å². The number of benzene rings is 2. The minimum atomic E-state index is -0.732. The van der Waals surface area contributed by atoms with Crippen molar-refractivity contribution >= 4 is 17.7 Å². The number of thioether (sulfide) groups is 1. The predicted molar refractivity (Wildman–Crippen MR) is 92.1 cm³/mol. The van der Waals surface area contributed by atoms with Gasteiger partial charge in [0.25, 0.3) is 0 Å². The molecule has 2 nitrogen and oxygen atoms in total. The molecule has 3 rings (SSSR count). The predicted octanol–water partition coefficient (Wildman–Crippen LogP) is 5.16. The summed E-state index contributed by atoms with van der Waals surface area (Å²) in [6.07, 6.45) is 4.76. The van der Waals surface area contributed by atoms with Crippen LogP contribution in [0.4, 0.5) is 0 Å². The van der Waals surface area contributed by atoms with Crippen molar-refractivity contribution in [2.75, 3.05) is 0 Å². The van der Waals surface area contributed by atoms with Crippen LogP contribution in [0.1, 0.15) is 36.5 Å². The van der Waals surface area contributed by atoms with Gasteiger partial charge >= 0.3 is 5.97 Å². The molecule has 1 aliphatic rings. The number of carboxylic acids is 1. The van der Waals surface area contributed by atoms with E-state index in [1.165, 1.54) is 12.8 Å². The first-order chi connectivity index (χ1) is 10.7. The average Bonchev–Trinajstić information content (AvgIpc) is 3.07. The van der Waals surface area contributed by atoms with E-state index in [2.05, 4.69) is 12.1 Å². The van der Waals surface area contributed by atoms with Crippen LogP contribution in [0, 0.1) is 0 Å². The van der Waals surface area contributed by atoms with E-state index in [-0.39, 0.29) is 0 Å². The molecule has 1 atom stereocenters. The lowest BCUT2D eigenvalue weighted by atomic mass is 10.0. The first kappa shape index (κ1) is 15.2. The normalized spacial score (nSPS) is 16.5. The molecule has 3 heteroatoms. The molecule has 0 amide bonds. The summed E-state index contributed by atoms with van der Waals surface area (Å²) < 4.78 is 0. The maximum atomic E-state index is 11.6. The van der Waals surface area contributed by atoms with Crippen LogP contribution in [0.2, 0.25) is 0 Å². The monoisotopic (exact) mass is 312 g/mol. The second-order valence-corrected chi connectivity index (χ2v) is 7.16. The van der Waals surface area contributed by atoms with E-state index in [0.717, 1.165) is 29.5 Å². The zero-order chi connectivity index (χ0) is 15.4. The first-order valence-corrected chi connectivity index (χ1v) is 8.72. The SMILES string of the molecule is O=C(O)[C@@H](SC1CCCC1)c1ccc(-c2ccccc2)cc1. The van der Waals surface area contributed by atoms with Gasteiger partial charge in [-0.1, -0.05) is 67.4 Å².